The van der Waals surface area contributed by atoms with Crippen molar-refractivity contribution in [3.8, 4) is 0 Å². The van der Waals surface area contributed by atoms with E-state index in [-0.39, 0.29) is 17.4 Å². The Morgan fingerprint density at radius 3 is 2.62 bits per heavy atom. The molecule has 3 heteroatoms. The van der Waals surface area contributed by atoms with Gasteiger partial charge in [0.2, 0.25) is 0 Å². The van der Waals surface area contributed by atoms with Gasteiger partial charge in [-0.2, -0.15) is 0 Å². The predicted molar refractivity (Wildman–Crippen MR) is 86.9 cm³/mol. The van der Waals surface area contributed by atoms with Gasteiger partial charge in [-0.15, -0.1) is 0 Å². The van der Waals surface area contributed by atoms with Crippen LogP contribution in [0.5, 0.6) is 0 Å². The van der Waals surface area contributed by atoms with E-state index in [1.54, 1.807) is 6.07 Å². The van der Waals surface area contributed by atoms with Gasteiger partial charge in [0.15, 0.2) is 0 Å². The number of nitrogens with zero attached hydrogens (tertiary/aromatic N) is 1. The second-order valence-corrected chi connectivity index (χ2v) is 6.33. The number of nitrogens with one attached hydrogen (secondary N) is 1. The molecule has 0 aromatic heterocycles. The second-order valence-electron chi connectivity index (χ2n) is 6.33. The average molecular weight is 292 g/mol. The smallest absolute Gasteiger partial charge is 0.123 e. The number of hydrogen-bond donors (Lipinski definition) is 1. The highest BCUT2D eigenvalue weighted by molar-refractivity contribution is 5.20. The van der Waals surface area contributed by atoms with Crippen molar-refractivity contribution in [3.63, 3.8) is 0 Å². The molecule has 1 saturated heterocycles. The Kier molecular flexibility index (Phi) is 5.39. The lowest BCUT2D eigenvalue weighted by Gasteiger charge is -2.49. The maximum Gasteiger partial charge on any atom is 0.123 e. The van der Waals surface area contributed by atoms with E-state index in [9.17, 15) is 4.39 Å². The fourth-order valence-corrected chi connectivity index (χ4v) is 3.50. The van der Waals surface area contributed by atoms with E-state index in [0.717, 1.165) is 37.9 Å². The van der Waals surface area contributed by atoms with Gasteiger partial charge in [-0.1, -0.05) is 32.9 Å². The van der Waals surface area contributed by atoms with Crippen molar-refractivity contribution < 1.29 is 4.39 Å². The molecular weight excluding hydrogens is 263 g/mol. The van der Waals surface area contributed by atoms with Crippen LogP contribution in [-0.2, 0) is 0 Å². The summed E-state index contributed by atoms with van der Waals surface area (Å²) >= 11 is 0. The molecule has 2 rings (SSSR count). The van der Waals surface area contributed by atoms with E-state index in [4.69, 9.17) is 0 Å². The highest BCUT2D eigenvalue weighted by Crippen LogP contribution is 2.31. The zero-order valence-corrected chi connectivity index (χ0v) is 13.8. The van der Waals surface area contributed by atoms with E-state index in [2.05, 4.69) is 37.9 Å². The van der Waals surface area contributed by atoms with Gasteiger partial charge < -0.3 is 5.32 Å². The van der Waals surface area contributed by atoms with E-state index < -0.39 is 0 Å². The molecule has 1 aromatic carbocycles. The van der Waals surface area contributed by atoms with Crippen molar-refractivity contribution in [2.45, 2.75) is 64.6 Å². The predicted octanol–water partition coefficient (Wildman–Crippen LogP) is 4.13. The maximum atomic E-state index is 13.5. The Labute approximate surface area is 128 Å². The van der Waals surface area contributed by atoms with Gasteiger partial charge in [-0.25, -0.2) is 4.39 Å². The number of benzene rings is 1. The monoisotopic (exact) mass is 292 g/mol. The standard InChI is InChI=1S/C18H29FN2/c1-5-17-12-20-18(6-2,7-3)13-21(17)14(4)15-9-8-10-16(19)11-15/h8-11,14,17,20H,5-7,12-13H2,1-4H3. The molecule has 1 heterocycles. The van der Waals surface area contributed by atoms with Crippen LogP contribution in [0.25, 0.3) is 0 Å². The van der Waals surface area contributed by atoms with Crippen LogP contribution in [0.4, 0.5) is 4.39 Å². The molecule has 2 nitrogen and oxygen atoms in total. The van der Waals surface area contributed by atoms with Crippen LogP contribution in [0.3, 0.4) is 0 Å². The van der Waals surface area contributed by atoms with Crippen molar-refractivity contribution in [1.82, 2.24) is 10.2 Å². The van der Waals surface area contributed by atoms with Crippen LogP contribution < -0.4 is 5.32 Å². The first-order valence-electron chi connectivity index (χ1n) is 8.31. The highest BCUT2D eigenvalue weighted by Gasteiger charge is 2.38. The molecule has 0 spiro atoms. The van der Waals surface area contributed by atoms with Crippen LogP contribution in [0.2, 0.25) is 0 Å². The van der Waals surface area contributed by atoms with Gasteiger partial charge in [0.25, 0.3) is 0 Å². The largest absolute Gasteiger partial charge is 0.308 e. The normalized spacial score (nSPS) is 24.0. The van der Waals surface area contributed by atoms with Crippen LogP contribution in [-0.4, -0.2) is 29.6 Å². The van der Waals surface area contributed by atoms with Gasteiger partial charge in [0.05, 0.1) is 0 Å². The summed E-state index contributed by atoms with van der Waals surface area (Å²) in [5.41, 5.74) is 1.28. The molecule has 0 aliphatic carbocycles. The fourth-order valence-electron chi connectivity index (χ4n) is 3.50. The minimum atomic E-state index is -0.139. The Bertz CT molecular complexity index is 456. The van der Waals surface area contributed by atoms with E-state index >= 15 is 0 Å². The summed E-state index contributed by atoms with van der Waals surface area (Å²) in [5, 5.41) is 3.76. The first-order chi connectivity index (χ1) is 10.0. The molecule has 1 aromatic rings. The Hall–Kier alpha value is -0.930. The topological polar surface area (TPSA) is 15.3 Å². The van der Waals surface area contributed by atoms with E-state index in [1.807, 2.05) is 12.1 Å². The number of rotatable bonds is 5. The average Bonchev–Trinajstić information content (AvgIpc) is 2.53. The molecule has 1 aliphatic rings. The zero-order valence-electron chi connectivity index (χ0n) is 13.8. The lowest BCUT2D eigenvalue weighted by atomic mass is 9.86. The number of halogens is 1. The molecule has 0 amide bonds. The third kappa shape index (κ3) is 3.46. The van der Waals surface area contributed by atoms with Crippen molar-refractivity contribution in [2.24, 2.45) is 0 Å². The summed E-state index contributed by atoms with van der Waals surface area (Å²) in [6.45, 7) is 11.0. The molecule has 0 saturated carbocycles. The SMILES string of the molecule is CCC1CNC(CC)(CC)CN1C(C)c1cccc(F)c1. The van der Waals surface area contributed by atoms with Crippen LogP contribution >= 0.6 is 0 Å². The number of piperazine rings is 1. The summed E-state index contributed by atoms with van der Waals surface area (Å²) in [6, 6.07) is 7.84. The van der Waals surface area contributed by atoms with E-state index in [1.165, 1.54) is 6.07 Å². The van der Waals surface area contributed by atoms with Crippen molar-refractivity contribution in [1.29, 1.82) is 0 Å². The molecular formula is C18H29FN2. The molecule has 0 radical (unpaired) electrons. The van der Waals surface area contributed by atoms with E-state index in [0.29, 0.717) is 6.04 Å². The summed E-state index contributed by atoms with van der Waals surface area (Å²) in [7, 11) is 0. The summed E-state index contributed by atoms with van der Waals surface area (Å²) < 4.78 is 13.5. The van der Waals surface area contributed by atoms with Crippen molar-refractivity contribution in [2.75, 3.05) is 13.1 Å². The first-order valence-corrected chi connectivity index (χ1v) is 8.31. The molecule has 118 valence electrons. The Morgan fingerprint density at radius 1 is 1.33 bits per heavy atom. The summed E-state index contributed by atoms with van der Waals surface area (Å²) in [4.78, 5) is 2.57. The molecule has 1 fully saturated rings. The Morgan fingerprint density at radius 2 is 2.05 bits per heavy atom. The van der Waals surface area contributed by atoms with Crippen LogP contribution in [0, 0.1) is 5.82 Å². The Balaban J connectivity index is 2.24. The van der Waals surface area contributed by atoms with Gasteiger partial charge in [0, 0.05) is 30.7 Å². The first kappa shape index (κ1) is 16.4. The zero-order chi connectivity index (χ0) is 15.5. The van der Waals surface area contributed by atoms with Crippen molar-refractivity contribution >= 4 is 0 Å². The third-order valence-electron chi connectivity index (χ3n) is 5.32. The molecule has 2 unspecified atom stereocenters. The molecule has 1 N–H and O–H groups in total. The van der Waals surface area contributed by atoms with Gasteiger partial charge in [0.1, 0.15) is 5.82 Å². The molecule has 2 atom stereocenters. The van der Waals surface area contributed by atoms with Gasteiger partial charge >= 0.3 is 0 Å². The third-order valence-corrected chi connectivity index (χ3v) is 5.32. The molecule has 21 heavy (non-hydrogen) atoms. The lowest BCUT2D eigenvalue weighted by molar-refractivity contribution is 0.0399. The molecule has 1 aliphatic heterocycles. The summed E-state index contributed by atoms with van der Waals surface area (Å²) in [5.74, 6) is -0.139. The fraction of sp³-hybridized carbons (Fsp3) is 0.667. The second kappa shape index (κ2) is 6.89. The highest BCUT2D eigenvalue weighted by atomic mass is 19.1. The lowest BCUT2D eigenvalue weighted by Crippen LogP contribution is -2.63. The van der Waals surface area contributed by atoms with Crippen LogP contribution in [0.15, 0.2) is 24.3 Å². The maximum absolute atomic E-state index is 13.5. The van der Waals surface area contributed by atoms with Gasteiger partial charge in [-0.3, -0.25) is 4.90 Å². The van der Waals surface area contributed by atoms with Gasteiger partial charge in [-0.05, 0) is 43.9 Å². The van der Waals surface area contributed by atoms with Crippen molar-refractivity contribution in [3.05, 3.63) is 35.6 Å². The molecule has 0 bridgehead atoms. The minimum absolute atomic E-state index is 0.139. The number of hydrogen-bond acceptors (Lipinski definition) is 2. The summed E-state index contributed by atoms with van der Waals surface area (Å²) in [6.07, 6.45) is 3.38. The van der Waals surface area contributed by atoms with Crippen LogP contribution in [0.1, 0.15) is 58.6 Å². The minimum Gasteiger partial charge on any atom is -0.308 e. The quantitative estimate of drug-likeness (QED) is 0.878.